The molecule has 1 saturated heterocycles. The molecule has 138 valence electrons. The molecule has 5 rings (SSSR count). The highest BCUT2D eigenvalue weighted by atomic mass is 16.5. The molecule has 0 amide bonds. The Labute approximate surface area is 159 Å². The van der Waals surface area contributed by atoms with Gasteiger partial charge in [-0.05, 0) is 42.5 Å². The number of rotatable bonds is 3. The van der Waals surface area contributed by atoms with Gasteiger partial charge in [0.1, 0.15) is 0 Å². The van der Waals surface area contributed by atoms with Crippen molar-refractivity contribution in [1.82, 2.24) is 14.5 Å². The van der Waals surface area contributed by atoms with E-state index in [1.54, 1.807) is 0 Å². The van der Waals surface area contributed by atoms with Gasteiger partial charge in [0.25, 0.3) is 0 Å². The van der Waals surface area contributed by atoms with Crippen molar-refractivity contribution in [3.05, 3.63) is 53.9 Å². The summed E-state index contributed by atoms with van der Waals surface area (Å²) in [5, 5.41) is 5.30. The van der Waals surface area contributed by atoms with Crippen LogP contribution in [0.25, 0.3) is 32.6 Å². The molecule has 4 aromatic rings. The number of aromatic nitrogens is 2. The minimum atomic E-state index is 0.850. The van der Waals surface area contributed by atoms with Crippen molar-refractivity contribution in [1.29, 1.82) is 0 Å². The Bertz CT molecular complexity index is 1140. The molecular formula is C23H25N3O. The van der Waals surface area contributed by atoms with Gasteiger partial charge in [0.05, 0.1) is 18.7 Å². The van der Waals surface area contributed by atoms with Gasteiger partial charge < -0.3 is 9.30 Å². The topological polar surface area (TPSA) is 30.3 Å². The van der Waals surface area contributed by atoms with Crippen LogP contribution in [0.2, 0.25) is 0 Å². The summed E-state index contributed by atoms with van der Waals surface area (Å²) in [4.78, 5) is 6.89. The zero-order valence-corrected chi connectivity index (χ0v) is 16.0. The van der Waals surface area contributed by atoms with Crippen LogP contribution < -0.4 is 0 Å². The van der Waals surface area contributed by atoms with Gasteiger partial charge in [0, 0.05) is 60.2 Å². The molecule has 0 aliphatic carbocycles. The summed E-state index contributed by atoms with van der Waals surface area (Å²) < 4.78 is 8.04. The first kappa shape index (κ1) is 16.7. The summed E-state index contributed by atoms with van der Waals surface area (Å²) in [6, 6.07) is 11.0. The first-order chi connectivity index (χ1) is 13.3. The van der Waals surface area contributed by atoms with Crippen LogP contribution in [0.5, 0.6) is 0 Å². The number of pyridine rings is 1. The summed E-state index contributed by atoms with van der Waals surface area (Å²) in [5.74, 6) is 0. The Morgan fingerprint density at radius 3 is 2.59 bits per heavy atom. The van der Waals surface area contributed by atoms with Crippen molar-refractivity contribution < 1.29 is 4.74 Å². The summed E-state index contributed by atoms with van der Waals surface area (Å²) in [7, 11) is 0. The smallest absolute Gasteiger partial charge is 0.0594 e. The van der Waals surface area contributed by atoms with E-state index in [9.17, 15) is 0 Å². The molecule has 4 heteroatoms. The zero-order valence-electron chi connectivity index (χ0n) is 16.0. The maximum absolute atomic E-state index is 5.51. The molecule has 0 unspecified atom stereocenters. The van der Waals surface area contributed by atoms with E-state index in [0.29, 0.717) is 0 Å². The summed E-state index contributed by atoms with van der Waals surface area (Å²) in [5.41, 5.74) is 5.39. The molecule has 0 N–H and O–H groups in total. The molecule has 0 bridgehead atoms. The number of nitrogens with zero attached hydrogens (tertiary/aromatic N) is 3. The van der Waals surface area contributed by atoms with Crippen molar-refractivity contribution in [2.45, 2.75) is 20.4 Å². The monoisotopic (exact) mass is 359 g/mol. The number of aryl methyl sites for hydroxylation is 2. The molecular weight excluding hydrogens is 334 g/mol. The van der Waals surface area contributed by atoms with E-state index in [0.717, 1.165) is 39.4 Å². The van der Waals surface area contributed by atoms with Crippen LogP contribution >= 0.6 is 0 Å². The van der Waals surface area contributed by atoms with E-state index in [1.165, 1.54) is 43.7 Å². The summed E-state index contributed by atoms with van der Waals surface area (Å²) >= 11 is 0. The van der Waals surface area contributed by atoms with E-state index >= 15 is 0 Å². The van der Waals surface area contributed by atoms with Gasteiger partial charge in [-0.1, -0.05) is 18.2 Å². The fourth-order valence-corrected chi connectivity index (χ4v) is 4.65. The Kier molecular flexibility index (Phi) is 4.10. The largest absolute Gasteiger partial charge is 0.379 e. The number of hydrogen-bond acceptors (Lipinski definition) is 3. The lowest BCUT2D eigenvalue weighted by Crippen LogP contribution is -2.38. The lowest BCUT2D eigenvalue weighted by Gasteiger charge is -2.27. The summed E-state index contributed by atoms with van der Waals surface area (Å²) in [6.45, 7) is 10.3. The van der Waals surface area contributed by atoms with Gasteiger partial charge in [-0.15, -0.1) is 0 Å². The predicted octanol–water partition coefficient (Wildman–Crippen LogP) is 4.29. The minimum Gasteiger partial charge on any atom is -0.379 e. The number of fused-ring (bicyclic) bond motifs is 4. The van der Waals surface area contributed by atoms with Crippen molar-refractivity contribution in [3.63, 3.8) is 0 Å². The standard InChI is InChI=1S/C23H25N3O/c1-16-20-15-24-8-7-18(20)17(2)23-22(16)19-5-3-4-6-21(19)26(23)10-9-25-11-13-27-14-12-25/h3-8,15H,9-14H2,1-2H3. The molecule has 0 radical (unpaired) electrons. The molecule has 0 spiro atoms. The van der Waals surface area contributed by atoms with E-state index in [4.69, 9.17) is 4.74 Å². The van der Waals surface area contributed by atoms with Crippen molar-refractivity contribution >= 4 is 32.6 Å². The SMILES string of the molecule is Cc1c2cnccc2c(C)c2c1c1ccccc1n2CCN1CCOCC1. The fourth-order valence-electron chi connectivity index (χ4n) is 4.65. The number of ether oxygens (including phenoxy) is 1. The second kappa shape index (κ2) is 6.63. The fraction of sp³-hybridized carbons (Fsp3) is 0.348. The Balaban J connectivity index is 1.75. The Hall–Kier alpha value is -2.43. The van der Waals surface area contributed by atoms with Gasteiger partial charge in [-0.2, -0.15) is 0 Å². The lowest BCUT2D eigenvalue weighted by atomic mass is 9.97. The van der Waals surface area contributed by atoms with Gasteiger partial charge in [-0.25, -0.2) is 0 Å². The van der Waals surface area contributed by atoms with Crippen molar-refractivity contribution in [3.8, 4) is 0 Å². The van der Waals surface area contributed by atoms with Gasteiger partial charge in [0.2, 0.25) is 0 Å². The second-order valence-corrected chi connectivity index (χ2v) is 7.52. The highest BCUT2D eigenvalue weighted by Crippen LogP contribution is 2.38. The average Bonchev–Trinajstić information content (AvgIpc) is 3.06. The number of benzene rings is 2. The molecule has 0 saturated carbocycles. The van der Waals surface area contributed by atoms with Gasteiger partial charge >= 0.3 is 0 Å². The Morgan fingerprint density at radius 2 is 1.74 bits per heavy atom. The molecule has 3 heterocycles. The molecule has 2 aromatic heterocycles. The number of morpholine rings is 1. The molecule has 0 atom stereocenters. The third kappa shape index (κ3) is 2.63. The molecule has 1 aliphatic heterocycles. The van der Waals surface area contributed by atoms with Crippen LogP contribution in [0, 0.1) is 13.8 Å². The summed E-state index contributed by atoms with van der Waals surface area (Å²) in [6.07, 6.45) is 3.91. The van der Waals surface area contributed by atoms with Crippen molar-refractivity contribution in [2.24, 2.45) is 0 Å². The average molecular weight is 359 g/mol. The third-order valence-electron chi connectivity index (χ3n) is 6.07. The maximum Gasteiger partial charge on any atom is 0.0594 e. The van der Waals surface area contributed by atoms with E-state index in [1.807, 2.05) is 12.4 Å². The lowest BCUT2D eigenvalue weighted by molar-refractivity contribution is 0.0366. The normalized spacial score (nSPS) is 15.9. The van der Waals surface area contributed by atoms with Crippen LogP contribution in [-0.4, -0.2) is 47.3 Å². The Morgan fingerprint density at radius 1 is 0.926 bits per heavy atom. The molecule has 1 fully saturated rings. The molecule has 4 nitrogen and oxygen atoms in total. The third-order valence-corrected chi connectivity index (χ3v) is 6.07. The predicted molar refractivity (Wildman–Crippen MR) is 111 cm³/mol. The number of hydrogen-bond donors (Lipinski definition) is 0. The quantitative estimate of drug-likeness (QED) is 0.547. The second-order valence-electron chi connectivity index (χ2n) is 7.52. The van der Waals surface area contributed by atoms with Crippen LogP contribution in [0.4, 0.5) is 0 Å². The van der Waals surface area contributed by atoms with Crippen LogP contribution in [0.15, 0.2) is 42.7 Å². The highest BCUT2D eigenvalue weighted by Gasteiger charge is 2.18. The van der Waals surface area contributed by atoms with Gasteiger partial charge in [0.15, 0.2) is 0 Å². The first-order valence-electron chi connectivity index (χ1n) is 9.79. The maximum atomic E-state index is 5.51. The molecule has 1 aliphatic rings. The van der Waals surface area contributed by atoms with E-state index in [2.05, 4.69) is 58.6 Å². The molecule has 2 aromatic carbocycles. The van der Waals surface area contributed by atoms with Crippen LogP contribution in [0.3, 0.4) is 0 Å². The van der Waals surface area contributed by atoms with Crippen molar-refractivity contribution in [2.75, 3.05) is 32.8 Å². The van der Waals surface area contributed by atoms with Crippen LogP contribution in [-0.2, 0) is 11.3 Å². The van der Waals surface area contributed by atoms with E-state index in [-0.39, 0.29) is 0 Å². The highest BCUT2D eigenvalue weighted by molar-refractivity contribution is 6.16. The molecule has 27 heavy (non-hydrogen) atoms. The van der Waals surface area contributed by atoms with Gasteiger partial charge in [-0.3, -0.25) is 9.88 Å². The minimum absolute atomic E-state index is 0.850. The van der Waals surface area contributed by atoms with Crippen LogP contribution in [0.1, 0.15) is 11.1 Å². The number of para-hydroxylation sites is 1. The van der Waals surface area contributed by atoms with E-state index < -0.39 is 0 Å². The first-order valence-corrected chi connectivity index (χ1v) is 9.79. The zero-order chi connectivity index (χ0) is 18.4.